The van der Waals surface area contributed by atoms with Crippen LogP contribution in [0, 0.1) is 17.3 Å². The molecule has 0 spiro atoms. The largest absolute Gasteiger partial charge is 0.393 e. The van der Waals surface area contributed by atoms with Crippen molar-refractivity contribution >= 4 is 23.4 Å². The topological polar surface area (TPSA) is 69.6 Å². The summed E-state index contributed by atoms with van der Waals surface area (Å²) in [6, 6.07) is 7.49. The molecule has 1 aliphatic heterocycles. The zero-order valence-electron chi connectivity index (χ0n) is 19.2. The molecule has 2 fully saturated rings. The average molecular weight is 449 g/mol. The van der Waals surface area contributed by atoms with E-state index in [1.54, 1.807) is 0 Å². The van der Waals surface area contributed by atoms with Gasteiger partial charge in [0.15, 0.2) is 0 Å². The Balaban J connectivity index is 1.67. The maximum Gasteiger partial charge on any atom is 0.245 e. The summed E-state index contributed by atoms with van der Waals surface area (Å²) < 4.78 is 0. The molecule has 2 aliphatic rings. The fourth-order valence-electron chi connectivity index (χ4n) is 5.24. The second-order valence-corrected chi connectivity index (χ2v) is 10.8. The lowest BCUT2D eigenvalue weighted by molar-refractivity contribution is -0.142. The Morgan fingerprint density at radius 2 is 1.84 bits per heavy atom. The number of nitrogens with zero attached hydrogens (tertiary/aromatic N) is 1. The molecule has 0 bridgehead atoms. The van der Waals surface area contributed by atoms with E-state index < -0.39 is 12.1 Å². The standard InChI is InChI=1S/C25H37ClN2O3/c1-16(2)22(27-23(30)18-6-5-7-20(29)14-18)24(31)28-13-12-21(25(3,4)15-28)17-8-10-19(26)11-9-17/h8-11,16,18,20-22,29H,5-7,12-15H2,1-4H3,(H,27,30)/t18-,20+,21?,22-/m1/s1. The maximum absolute atomic E-state index is 13.4. The van der Waals surface area contributed by atoms with E-state index in [1.807, 2.05) is 30.9 Å². The van der Waals surface area contributed by atoms with Gasteiger partial charge >= 0.3 is 0 Å². The number of amides is 2. The minimum absolute atomic E-state index is 0.00191. The molecule has 1 aliphatic carbocycles. The predicted octanol–water partition coefficient (Wildman–Crippen LogP) is 4.37. The van der Waals surface area contributed by atoms with E-state index in [4.69, 9.17) is 11.6 Å². The van der Waals surface area contributed by atoms with Crippen molar-refractivity contribution in [3.05, 3.63) is 34.9 Å². The van der Waals surface area contributed by atoms with Crippen LogP contribution in [-0.2, 0) is 9.59 Å². The van der Waals surface area contributed by atoms with Gasteiger partial charge in [0.2, 0.25) is 11.8 Å². The summed E-state index contributed by atoms with van der Waals surface area (Å²) in [6.45, 7) is 9.70. The van der Waals surface area contributed by atoms with Crippen LogP contribution in [-0.4, -0.2) is 47.1 Å². The molecule has 31 heavy (non-hydrogen) atoms. The van der Waals surface area contributed by atoms with Crippen molar-refractivity contribution in [3.8, 4) is 0 Å². The molecule has 1 saturated carbocycles. The van der Waals surface area contributed by atoms with Crippen LogP contribution >= 0.6 is 11.6 Å². The van der Waals surface area contributed by atoms with E-state index in [9.17, 15) is 14.7 Å². The van der Waals surface area contributed by atoms with Gasteiger partial charge in [0, 0.05) is 24.0 Å². The van der Waals surface area contributed by atoms with Crippen LogP contribution < -0.4 is 5.32 Å². The van der Waals surface area contributed by atoms with E-state index in [2.05, 4.69) is 31.3 Å². The fourth-order valence-corrected chi connectivity index (χ4v) is 5.37. The van der Waals surface area contributed by atoms with Crippen molar-refractivity contribution in [3.63, 3.8) is 0 Å². The highest BCUT2D eigenvalue weighted by Crippen LogP contribution is 2.42. The van der Waals surface area contributed by atoms with E-state index in [0.29, 0.717) is 25.4 Å². The summed E-state index contributed by atoms with van der Waals surface area (Å²) in [7, 11) is 0. The molecular formula is C25H37ClN2O3. The van der Waals surface area contributed by atoms with Crippen LogP contribution in [0.2, 0.25) is 5.02 Å². The van der Waals surface area contributed by atoms with Gasteiger partial charge < -0.3 is 15.3 Å². The maximum atomic E-state index is 13.4. The zero-order valence-corrected chi connectivity index (χ0v) is 20.0. The first-order chi connectivity index (χ1) is 14.6. The van der Waals surface area contributed by atoms with E-state index in [-0.39, 0.29) is 29.1 Å². The van der Waals surface area contributed by atoms with Crippen LogP contribution in [0.15, 0.2) is 24.3 Å². The highest BCUT2D eigenvalue weighted by Gasteiger charge is 2.41. The molecule has 1 saturated heterocycles. The number of nitrogens with one attached hydrogen (secondary N) is 1. The number of hydrogen-bond acceptors (Lipinski definition) is 3. The normalized spacial score (nSPS) is 27.1. The summed E-state index contributed by atoms with van der Waals surface area (Å²) in [5.74, 6) is 0.0556. The average Bonchev–Trinajstić information content (AvgIpc) is 2.71. The van der Waals surface area contributed by atoms with Crippen molar-refractivity contribution in [2.75, 3.05) is 13.1 Å². The van der Waals surface area contributed by atoms with Gasteiger partial charge in [-0.1, -0.05) is 57.8 Å². The van der Waals surface area contributed by atoms with E-state index in [0.717, 1.165) is 30.7 Å². The lowest BCUT2D eigenvalue weighted by atomic mass is 9.70. The molecule has 2 N–H and O–H groups in total. The minimum atomic E-state index is -0.533. The van der Waals surface area contributed by atoms with Crippen molar-refractivity contribution < 1.29 is 14.7 Å². The van der Waals surface area contributed by atoms with Crippen molar-refractivity contribution in [2.24, 2.45) is 17.3 Å². The van der Waals surface area contributed by atoms with Gasteiger partial charge in [-0.25, -0.2) is 0 Å². The number of aliphatic hydroxyl groups is 1. The number of hydrogen-bond donors (Lipinski definition) is 2. The molecule has 2 amide bonds. The van der Waals surface area contributed by atoms with Crippen LogP contribution in [0.4, 0.5) is 0 Å². The lowest BCUT2D eigenvalue weighted by Gasteiger charge is -2.46. The third kappa shape index (κ3) is 5.81. The number of aliphatic hydroxyl groups excluding tert-OH is 1. The summed E-state index contributed by atoms with van der Waals surface area (Å²) in [4.78, 5) is 28.2. The summed E-state index contributed by atoms with van der Waals surface area (Å²) >= 11 is 6.06. The van der Waals surface area contributed by atoms with Gasteiger partial charge in [-0.3, -0.25) is 9.59 Å². The molecule has 1 unspecified atom stereocenters. The Morgan fingerprint density at radius 1 is 1.16 bits per heavy atom. The number of carbonyl (C=O) groups is 2. The quantitative estimate of drug-likeness (QED) is 0.702. The number of benzene rings is 1. The molecule has 6 heteroatoms. The predicted molar refractivity (Wildman–Crippen MR) is 124 cm³/mol. The van der Waals surface area contributed by atoms with Gasteiger partial charge in [-0.15, -0.1) is 0 Å². The highest BCUT2D eigenvalue weighted by atomic mass is 35.5. The molecular weight excluding hydrogens is 412 g/mol. The number of rotatable bonds is 5. The molecule has 0 radical (unpaired) electrons. The summed E-state index contributed by atoms with van der Waals surface area (Å²) in [5, 5.41) is 13.7. The van der Waals surface area contributed by atoms with Crippen LogP contribution in [0.3, 0.4) is 0 Å². The van der Waals surface area contributed by atoms with Gasteiger partial charge in [-0.2, -0.15) is 0 Å². The molecule has 1 aromatic carbocycles. The van der Waals surface area contributed by atoms with Crippen LogP contribution in [0.25, 0.3) is 0 Å². The van der Waals surface area contributed by atoms with Crippen molar-refractivity contribution in [1.82, 2.24) is 10.2 Å². The second kappa shape index (κ2) is 9.91. The van der Waals surface area contributed by atoms with Crippen molar-refractivity contribution in [2.45, 2.75) is 77.9 Å². The summed E-state index contributed by atoms with van der Waals surface area (Å²) in [5.41, 5.74) is 1.17. The number of likely N-dealkylation sites (tertiary alicyclic amines) is 1. The third-order valence-electron chi connectivity index (χ3n) is 7.06. The smallest absolute Gasteiger partial charge is 0.245 e. The lowest BCUT2D eigenvalue weighted by Crippen LogP contribution is -2.56. The van der Waals surface area contributed by atoms with Crippen molar-refractivity contribution in [1.29, 1.82) is 0 Å². The third-order valence-corrected chi connectivity index (χ3v) is 7.31. The monoisotopic (exact) mass is 448 g/mol. The van der Waals surface area contributed by atoms with E-state index in [1.165, 1.54) is 5.56 Å². The molecule has 172 valence electrons. The Hall–Kier alpha value is -1.59. The highest BCUT2D eigenvalue weighted by molar-refractivity contribution is 6.30. The van der Waals surface area contributed by atoms with Gasteiger partial charge in [0.1, 0.15) is 6.04 Å². The first-order valence-electron chi connectivity index (χ1n) is 11.6. The number of piperidine rings is 1. The van der Waals surface area contributed by atoms with Gasteiger partial charge in [0.05, 0.1) is 6.10 Å². The second-order valence-electron chi connectivity index (χ2n) is 10.4. The van der Waals surface area contributed by atoms with Gasteiger partial charge in [-0.05, 0) is 60.6 Å². The Morgan fingerprint density at radius 3 is 2.42 bits per heavy atom. The molecule has 3 rings (SSSR count). The fraction of sp³-hybridized carbons (Fsp3) is 0.680. The number of halogens is 1. The Kier molecular flexibility index (Phi) is 7.69. The Labute approximate surface area is 191 Å². The van der Waals surface area contributed by atoms with Crippen LogP contribution in [0.5, 0.6) is 0 Å². The molecule has 4 atom stereocenters. The first-order valence-corrected chi connectivity index (χ1v) is 12.0. The van der Waals surface area contributed by atoms with Gasteiger partial charge in [0.25, 0.3) is 0 Å². The zero-order chi connectivity index (χ0) is 22.8. The molecule has 5 nitrogen and oxygen atoms in total. The Bertz CT molecular complexity index is 777. The SMILES string of the molecule is CC(C)[C@@H](NC(=O)[C@@H]1CCC[C@H](O)C1)C(=O)N1CCC(c2ccc(Cl)cc2)C(C)(C)C1. The van der Waals surface area contributed by atoms with E-state index >= 15 is 0 Å². The molecule has 0 aromatic heterocycles. The molecule has 1 heterocycles. The first kappa shape index (κ1) is 24.1. The molecule has 1 aromatic rings. The number of carbonyl (C=O) groups excluding carboxylic acids is 2. The summed E-state index contributed by atoms with van der Waals surface area (Å²) in [6.07, 6.45) is 3.35. The van der Waals surface area contributed by atoms with Crippen LogP contribution in [0.1, 0.15) is 71.3 Å². The minimum Gasteiger partial charge on any atom is -0.393 e.